The van der Waals surface area contributed by atoms with Crippen molar-refractivity contribution in [3.05, 3.63) is 87.5 Å². The van der Waals surface area contributed by atoms with Crippen LogP contribution in [-0.4, -0.2) is 37.0 Å². The van der Waals surface area contributed by atoms with E-state index in [1.165, 1.54) is 62.8 Å². The summed E-state index contributed by atoms with van der Waals surface area (Å²) in [6.07, 6.45) is -3.61. The van der Waals surface area contributed by atoms with Crippen LogP contribution in [0.1, 0.15) is 11.1 Å². The van der Waals surface area contributed by atoms with Crippen molar-refractivity contribution in [2.75, 3.05) is 19.1 Å². The molecule has 0 radical (unpaired) electrons. The van der Waals surface area contributed by atoms with E-state index in [0.29, 0.717) is 17.9 Å². The Balaban J connectivity index is 1.65. The van der Waals surface area contributed by atoms with Crippen molar-refractivity contribution in [2.45, 2.75) is 6.18 Å². The molecule has 3 aromatic rings. The number of amides is 4. The predicted octanol–water partition coefficient (Wildman–Crippen LogP) is 5.09. The van der Waals surface area contributed by atoms with Gasteiger partial charge in [-0.25, -0.2) is 9.69 Å². The van der Waals surface area contributed by atoms with Gasteiger partial charge in [0.15, 0.2) is 11.5 Å². The molecule has 0 aliphatic carbocycles. The Hall–Kier alpha value is -5.40. The zero-order chi connectivity index (χ0) is 29.2. The monoisotopic (exact) mass is 557 g/mol. The number of hydrogen-bond acceptors (Lipinski definition) is 8. The number of barbiturate groups is 1. The highest BCUT2D eigenvalue weighted by atomic mass is 19.4. The summed E-state index contributed by atoms with van der Waals surface area (Å²) in [5.41, 5.74) is -2.10. The average molecular weight is 557 g/mol. The van der Waals surface area contributed by atoms with Crippen molar-refractivity contribution in [1.29, 1.82) is 0 Å². The number of carbonyl (C=O) groups is 3. The molecule has 11 nitrogen and oxygen atoms in total. The first-order valence-corrected chi connectivity index (χ1v) is 11.2. The highest BCUT2D eigenvalue weighted by Gasteiger charge is 2.37. The molecule has 1 heterocycles. The van der Waals surface area contributed by atoms with Gasteiger partial charge in [0.05, 0.1) is 30.4 Å². The van der Waals surface area contributed by atoms with Crippen LogP contribution >= 0.6 is 0 Å². The molecular formula is C26H18F3N3O8. The third kappa shape index (κ3) is 5.55. The number of anilines is 1. The molecule has 4 amide bonds. The van der Waals surface area contributed by atoms with E-state index in [4.69, 9.17) is 14.2 Å². The number of benzene rings is 3. The lowest BCUT2D eigenvalue weighted by molar-refractivity contribution is -0.385. The molecule has 1 N–H and O–H groups in total. The van der Waals surface area contributed by atoms with Crippen LogP contribution in [0.25, 0.3) is 6.08 Å². The summed E-state index contributed by atoms with van der Waals surface area (Å²) in [7, 11) is 2.69. The van der Waals surface area contributed by atoms with Crippen LogP contribution < -0.4 is 24.4 Å². The van der Waals surface area contributed by atoms with Crippen molar-refractivity contribution in [2.24, 2.45) is 0 Å². The van der Waals surface area contributed by atoms with Gasteiger partial charge in [-0.15, -0.1) is 0 Å². The van der Waals surface area contributed by atoms with E-state index in [9.17, 15) is 37.7 Å². The van der Waals surface area contributed by atoms with Gasteiger partial charge < -0.3 is 14.2 Å². The molecule has 0 bridgehead atoms. The molecule has 4 rings (SSSR count). The summed E-state index contributed by atoms with van der Waals surface area (Å²) in [6.45, 7) is 0. The van der Waals surface area contributed by atoms with Crippen molar-refractivity contribution in [3.63, 3.8) is 0 Å². The van der Waals surface area contributed by atoms with E-state index in [1.54, 1.807) is 0 Å². The second-order valence-corrected chi connectivity index (χ2v) is 8.11. The minimum Gasteiger partial charge on any atom is -0.497 e. The standard InChI is InChI=1S/C26H18F3N3O8/c1-38-17-7-5-16(6-8-17)31-24(34)18(23(33)30-25(31)35)11-14-3-9-21(22(12-14)39-2)40-20-10-4-15(26(27,28)29)13-19(20)32(36)37/h3-13H,1-2H3,(H,30,33,35)/b18-11+. The number of imide groups is 2. The van der Waals surface area contributed by atoms with Crippen LogP contribution in [0, 0.1) is 10.1 Å². The first-order chi connectivity index (χ1) is 18.9. The minimum atomic E-state index is -4.80. The Morgan fingerprint density at radius 2 is 1.57 bits per heavy atom. The lowest BCUT2D eigenvalue weighted by Crippen LogP contribution is -2.54. The molecule has 0 spiro atoms. The number of methoxy groups -OCH3 is 2. The Morgan fingerprint density at radius 3 is 2.17 bits per heavy atom. The second kappa shape index (κ2) is 10.8. The Bertz CT molecular complexity index is 1550. The molecule has 0 aromatic heterocycles. The van der Waals surface area contributed by atoms with Crippen LogP contribution in [0.4, 0.5) is 29.3 Å². The fraction of sp³-hybridized carbons (Fsp3) is 0.115. The van der Waals surface area contributed by atoms with Crippen molar-refractivity contribution in [1.82, 2.24) is 5.32 Å². The van der Waals surface area contributed by atoms with Crippen LogP contribution in [0.5, 0.6) is 23.0 Å². The van der Waals surface area contributed by atoms with E-state index in [2.05, 4.69) is 5.32 Å². The third-order valence-electron chi connectivity index (χ3n) is 5.63. The minimum absolute atomic E-state index is 0.0182. The summed E-state index contributed by atoms with van der Waals surface area (Å²) < 4.78 is 54.8. The summed E-state index contributed by atoms with van der Waals surface area (Å²) in [5.74, 6) is -1.95. The maximum Gasteiger partial charge on any atom is 0.416 e. The van der Waals surface area contributed by atoms with Gasteiger partial charge in [-0.2, -0.15) is 13.2 Å². The fourth-order valence-electron chi connectivity index (χ4n) is 3.69. The van der Waals surface area contributed by atoms with E-state index < -0.39 is 45.9 Å². The number of ether oxygens (including phenoxy) is 3. The number of halogens is 3. The van der Waals surface area contributed by atoms with Crippen LogP contribution in [0.15, 0.2) is 66.2 Å². The molecule has 3 aromatic carbocycles. The van der Waals surface area contributed by atoms with Gasteiger partial charge >= 0.3 is 17.9 Å². The summed E-state index contributed by atoms with van der Waals surface area (Å²) in [6, 6.07) is 10.8. The molecule has 1 aliphatic heterocycles. The van der Waals surface area contributed by atoms with Crippen molar-refractivity contribution < 1.29 is 46.7 Å². The van der Waals surface area contributed by atoms with E-state index >= 15 is 0 Å². The Kier molecular flexibility index (Phi) is 7.43. The molecule has 0 saturated carbocycles. The summed E-state index contributed by atoms with van der Waals surface area (Å²) >= 11 is 0. The zero-order valence-electron chi connectivity index (χ0n) is 20.6. The Labute approximate surface area is 223 Å². The topological polar surface area (TPSA) is 137 Å². The highest BCUT2D eigenvalue weighted by molar-refractivity contribution is 6.39. The number of nitrogens with zero attached hydrogens (tertiary/aromatic N) is 2. The first-order valence-electron chi connectivity index (χ1n) is 11.2. The van der Waals surface area contributed by atoms with Gasteiger partial charge in [0.25, 0.3) is 11.8 Å². The van der Waals surface area contributed by atoms with Crippen molar-refractivity contribution in [3.8, 4) is 23.0 Å². The SMILES string of the molecule is COc1ccc(N2C(=O)NC(=O)/C(=C\c3ccc(Oc4ccc(C(F)(F)F)cc4[N+](=O)[O-])c(OC)c3)C2=O)cc1. The number of urea groups is 1. The molecular weight excluding hydrogens is 539 g/mol. The number of carbonyl (C=O) groups excluding carboxylic acids is 3. The van der Waals surface area contributed by atoms with E-state index in [-0.39, 0.29) is 28.3 Å². The predicted molar refractivity (Wildman–Crippen MR) is 133 cm³/mol. The van der Waals surface area contributed by atoms with Gasteiger partial charge in [-0.3, -0.25) is 25.0 Å². The second-order valence-electron chi connectivity index (χ2n) is 8.11. The zero-order valence-corrected chi connectivity index (χ0v) is 20.6. The largest absolute Gasteiger partial charge is 0.497 e. The molecule has 14 heteroatoms. The first kappa shape index (κ1) is 27.6. The highest BCUT2D eigenvalue weighted by Crippen LogP contribution is 2.40. The molecule has 0 unspecified atom stereocenters. The maximum atomic E-state index is 13.1. The number of hydrogen-bond donors (Lipinski definition) is 1. The molecule has 40 heavy (non-hydrogen) atoms. The summed E-state index contributed by atoms with van der Waals surface area (Å²) in [5, 5.41) is 13.5. The fourth-order valence-corrected chi connectivity index (χ4v) is 3.69. The number of rotatable bonds is 7. The van der Waals surface area contributed by atoms with Gasteiger partial charge in [0.1, 0.15) is 11.3 Å². The Morgan fingerprint density at radius 1 is 0.900 bits per heavy atom. The lowest BCUT2D eigenvalue weighted by Gasteiger charge is -2.26. The normalized spacial score (nSPS) is 14.7. The quantitative estimate of drug-likeness (QED) is 0.184. The van der Waals surface area contributed by atoms with Crippen molar-refractivity contribution >= 4 is 35.3 Å². The molecule has 1 aliphatic rings. The number of nitro groups is 1. The van der Waals surface area contributed by atoms with Gasteiger partial charge in [0, 0.05) is 6.07 Å². The number of nitro benzene ring substituents is 1. The van der Waals surface area contributed by atoms with Crippen LogP contribution in [0.3, 0.4) is 0 Å². The number of alkyl halides is 3. The lowest BCUT2D eigenvalue weighted by atomic mass is 10.1. The smallest absolute Gasteiger partial charge is 0.416 e. The van der Waals surface area contributed by atoms with Gasteiger partial charge in [0.2, 0.25) is 5.75 Å². The summed E-state index contributed by atoms with van der Waals surface area (Å²) in [4.78, 5) is 49.1. The van der Waals surface area contributed by atoms with Gasteiger partial charge in [-0.1, -0.05) is 6.07 Å². The molecule has 1 saturated heterocycles. The van der Waals surface area contributed by atoms with Gasteiger partial charge in [-0.05, 0) is 60.2 Å². The maximum absolute atomic E-state index is 13.1. The molecule has 1 fully saturated rings. The number of nitrogens with one attached hydrogen (secondary N) is 1. The van der Waals surface area contributed by atoms with Crippen LogP contribution in [-0.2, 0) is 15.8 Å². The van der Waals surface area contributed by atoms with Crippen LogP contribution in [0.2, 0.25) is 0 Å². The molecule has 0 atom stereocenters. The third-order valence-corrected chi connectivity index (χ3v) is 5.63. The van der Waals surface area contributed by atoms with E-state index in [1.807, 2.05) is 0 Å². The average Bonchev–Trinajstić information content (AvgIpc) is 2.91. The molecule has 206 valence electrons. The van der Waals surface area contributed by atoms with E-state index in [0.717, 1.165) is 11.0 Å².